The Morgan fingerprint density at radius 1 is 1.06 bits per heavy atom. The molecule has 0 unspecified atom stereocenters. The Hall–Kier alpha value is -3.97. The zero-order valence-corrected chi connectivity index (χ0v) is 18.9. The van der Waals surface area contributed by atoms with Crippen LogP contribution < -0.4 is 10.6 Å². The second-order valence-corrected chi connectivity index (χ2v) is 8.15. The summed E-state index contributed by atoms with van der Waals surface area (Å²) in [4.78, 5) is 24.9. The molecule has 0 spiro atoms. The minimum Gasteiger partial charge on any atom is -0.394 e. The molecule has 0 radical (unpaired) electrons. The van der Waals surface area contributed by atoms with Gasteiger partial charge in [-0.25, -0.2) is 9.97 Å². The molecule has 7 nitrogen and oxygen atoms in total. The average molecular weight is 442 g/mol. The second kappa shape index (κ2) is 9.67. The lowest BCUT2D eigenvalue weighted by atomic mass is 10.1. The minimum absolute atomic E-state index is 0.193. The number of nitrogens with zero attached hydrogens (tertiary/aromatic N) is 2. The van der Waals surface area contributed by atoms with Crippen molar-refractivity contribution in [2.75, 3.05) is 11.9 Å². The highest BCUT2D eigenvalue weighted by Gasteiger charge is 2.17. The number of hydrogen-bond acceptors (Lipinski definition) is 5. The molecule has 7 heteroatoms. The lowest BCUT2D eigenvalue weighted by molar-refractivity contribution is 0.0912. The van der Waals surface area contributed by atoms with Gasteiger partial charge < -0.3 is 20.7 Å². The van der Waals surface area contributed by atoms with Gasteiger partial charge in [-0.05, 0) is 61.2 Å². The van der Waals surface area contributed by atoms with Crippen LogP contribution in [-0.2, 0) is 0 Å². The average Bonchev–Trinajstić information content (AvgIpc) is 3.29. The maximum Gasteiger partial charge on any atom is 0.268 e. The fourth-order valence-electron chi connectivity index (χ4n) is 3.79. The van der Waals surface area contributed by atoms with Crippen molar-refractivity contribution < 1.29 is 9.90 Å². The molecule has 4 rings (SSSR count). The fourth-order valence-corrected chi connectivity index (χ4v) is 3.79. The Kier molecular flexibility index (Phi) is 6.51. The zero-order valence-electron chi connectivity index (χ0n) is 18.9. The predicted molar refractivity (Wildman–Crippen MR) is 129 cm³/mol. The highest BCUT2D eigenvalue weighted by Crippen LogP contribution is 2.25. The van der Waals surface area contributed by atoms with Gasteiger partial charge in [-0.3, -0.25) is 4.79 Å². The molecule has 168 valence electrons. The summed E-state index contributed by atoms with van der Waals surface area (Å²) in [5.74, 6) is 0.182. The van der Waals surface area contributed by atoms with E-state index in [-0.39, 0.29) is 12.5 Å². The third-order valence-electron chi connectivity index (χ3n) is 5.34. The molecule has 33 heavy (non-hydrogen) atoms. The number of aryl methyl sites for hydroxylation is 3. The van der Waals surface area contributed by atoms with Crippen molar-refractivity contribution in [3.63, 3.8) is 0 Å². The molecule has 0 aliphatic heterocycles. The monoisotopic (exact) mass is 441 g/mol. The van der Waals surface area contributed by atoms with Gasteiger partial charge in [0.2, 0.25) is 5.95 Å². The van der Waals surface area contributed by atoms with Gasteiger partial charge in [0.1, 0.15) is 5.69 Å². The minimum atomic E-state index is -0.486. The van der Waals surface area contributed by atoms with Crippen molar-refractivity contribution in [1.82, 2.24) is 20.3 Å². The van der Waals surface area contributed by atoms with E-state index < -0.39 is 6.04 Å². The number of rotatable bonds is 7. The van der Waals surface area contributed by atoms with Gasteiger partial charge in [0.25, 0.3) is 5.91 Å². The number of carbonyl (C=O) groups excluding carboxylic acids is 1. The molecule has 0 aliphatic rings. The molecule has 0 aliphatic carbocycles. The summed E-state index contributed by atoms with van der Waals surface area (Å²) >= 11 is 0. The summed E-state index contributed by atoms with van der Waals surface area (Å²) in [6, 6.07) is 16.8. The van der Waals surface area contributed by atoms with Gasteiger partial charge in [-0.2, -0.15) is 0 Å². The largest absolute Gasteiger partial charge is 0.394 e. The van der Waals surface area contributed by atoms with Crippen molar-refractivity contribution in [2.45, 2.75) is 26.8 Å². The van der Waals surface area contributed by atoms with E-state index >= 15 is 0 Å². The number of nitrogens with one attached hydrogen (secondary N) is 3. The number of anilines is 2. The highest BCUT2D eigenvalue weighted by atomic mass is 16.3. The topological polar surface area (TPSA) is 103 Å². The first-order valence-corrected chi connectivity index (χ1v) is 10.8. The molecule has 0 fully saturated rings. The normalized spacial score (nSPS) is 11.8. The van der Waals surface area contributed by atoms with Crippen LogP contribution in [0.15, 0.2) is 67.0 Å². The van der Waals surface area contributed by atoms with Crippen LogP contribution >= 0.6 is 0 Å². The first-order valence-electron chi connectivity index (χ1n) is 10.8. The molecular formula is C26H27N5O2. The van der Waals surface area contributed by atoms with Crippen LogP contribution in [0.5, 0.6) is 0 Å². The van der Waals surface area contributed by atoms with Crippen molar-refractivity contribution in [3.8, 4) is 11.3 Å². The molecule has 0 saturated heterocycles. The number of amides is 1. The lowest BCUT2D eigenvalue weighted by Crippen LogP contribution is -2.30. The number of hydrogen-bond donors (Lipinski definition) is 4. The summed E-state index contributed by atoms with van der Waals surface area (Å²) < 4.78 is 0. The number of aliphatic hydroxyl groups is 1. The van der Waals surface area contributed by atoms with Crippen molar-refractivity contribution in [3.05, 3.63) is 94.9 Å². The molecule has 2 aromatic carbocycles. The fraction of sp³-hybridized carbons (Fsp3) is 0.192. The van der Waals surface area contributed by atoms with Gasteiger partial charge in [0, 0.05) is 23.6 Å². The van der Waals surface area contributed by atoms with Gasteiger partial charge >= 0.3 is 0 Å². The van der Waals surface area contributed by atoms with E-state index in [1.165, 1.54) is 0 Å². The van der Waals surface area contributed by atoms with E-state index in [1.807, 2.05) is 63.2 Å². The van der Waals surface area contributed by atoms with Crippen LogP contribution in [0, 0.1) is 20.8 Å². The molecule has 2 aromatic heterocycles. The molecule has 4 N–H and O–H groups in total. The number of H-pyrrole nitrogens is 1. The van der Waals surface area contributed by atoms with Crippen LogP contribution in [0.2, 0.25) is 0 Å². The van der Waals surface area contributed by atoms with Crippen LogP contribution in [0.3, 0.4) is 0 Å². The summed E-state index contributed by atoms with van der Waals surface area (Å²) in [5, 5.41) is 15.9. The predicted octanol–water partition coefficient (Wildman–Crippen LogP) is 4.60. The SMILES string of the molecule is Cc1cc(C)cc(Nc2ncc(C)c(-c3c[nH]c(C(=O)N[C@H](CO)c4ccccc4)c3)n2)c1. The van der Waals surface area contributed by atoms with Crippen molar-refractivity contribution in [1.29, 1.82) is 0 Å². The Balaban J connectivity index is 1.54. The van der Waals surface area contributed by atoms with Gasteiger partial charge in [-0.1, -0.05) is 36.4 Å². The van der Waals surface area contributed by atoms with Crippen LogP contribution in [0.1, 0.15) is 38.8 Å². The van der Waals surface area contributed by atoms with Gasteiger partial charge in [-0.15, -0.1) is 0 Å². The second-order valence-electron chi connectivity index (χ2n) is 8.15. The summed E-state index contributed by atoms with van der Waals surface area (Å²) in [5.41, 5.74) is 6.87. The maximum absolute atomic E-state index is 12.8. The van der Waals surface area contributed by atoms with E-state index in [0.717, 1.165) is 39.2 Å². The molecule has 1 atom stereocenters. The number of benzene rings is 2. The maximum atomic E-state index is 12.8. The third-order valence-corrected chi connectivity index (χ3v) is 5.34. The van der Waals surface area contributed by atoms with E-state index in [9.17, 15) is 9.90 Å². The number of aliphatic hydroxyl groups excluding tert-OH is 1. The molecule has 0 bridgehead atoms. The van der Waals surface area contributed by atoms with E-state index in [0.29, 0.717) is 11.6 Å². The quantitative estimate of drug-likeness (QED) is 0.336. The first kappa shape index (κ1) is 22.2. The first-order chi connectivity index (χ1) is 15.9. The van der Waals surface area contributed by atoms with E-state index in [1.54, 1.807) is 18.5 Å². The lowest BCUT2D eigenvalue weighted by Gasteiger charge is -2.16. The molecule has 0 saturated carbocycles. The van der Waals surface area contributed by atoms with Crippen molar-refractivity contribution >= 4 is 17.5 Å². The van der Waals surface area contributed by atoms with Gasteiger partial charge in [0.15, 0.2) is 0 Å². The van der Waals surface area contributed by atoms with Crippen LogP contribution in [0.25, 0.3) is 11.3 Å². The summed E-state index contributed by atoms with van der Waals surface area (Å²) in [7, 11) is 0. The standard InChI is InChI=1S/C26H27N5O2/c1-16-9-17(2)11-21(10-16)29-26-28-13-18(3)24(31-26)20-12-22(27-14-20)25(33)30-23(15-32)19-7-5-4-6-8-19/h4-14,23,27,32H,15H2,1-3H3,(H,30,33)(H,28,29,31)/t23-/m1/s1. The van der Waals surface area contributed by atoms with E-state index in [2.05, 4.69) is 31.7 Å². The Morgan fingerprint density at radius 3 is 2.48 bits per heavy atom. The smallest absolute Gasteiger partial charge is 0.268 e. The highest BCUT2D eigenvalue weighted by molar-refractivity contribution is 5.94. The third kappa shape index (κ3) is 5.27. The van der Waals surface area contributed by atoms with E-state index in [4.69, 9.17) is 0 Å². The summed E-state index contributed by atoms with van der Waals surface area (Å²) in [6.07, 6.45) is 3.51. The number of aromatic amines is 1. The Bertz CT molecular complexity index is 1250. The zero-order chi connectivity index (χ0) is 23.4. The van der Waals surface area contributed by atoms with Crippen molar-refractivity contribution in [2.24, 2.45) is 0 Å². The number of carbonyl (C=O) groups is 1. The number of aromatic nitrogens is 3. The Morgan fingerprint density at radius 2 is 1.79 bits per heavy atom. The Labute approximate surface area is 192 Å². The molecule has 1 amide bonds. The van der Waals surface area contributed by atoms with Gasteiger partial charge in [0.05, 0.1) is 18.3 Å². The van der Waals surface area contributed by atoms with Crippen LogP contribution in [-0.4, -0.2) is 32.6 Å². The van der Waals surface area contributed by atoms with Crippen LogP contribution in [0.4, 0.5) is 11.6 Å². The molecule has 4 aromatic rings. The molecule has 2 heterocycles. The summed E-state index contributed by atoms with van der Waals surface area (Å²) in [6.45, 7) is 5.83. The molecular weight excluding hydrogens is 414 g/mol.